The van der Waals surface area contributed by atoms with Crippen LogP contribution in [0.2, 0.25) is 0 Å². The average molecular weight is 432 g/mol. The molecule has 1 aliphatic carbocycles. The molecule has 7 nitrogen and oxygen atoms in total. The van der Waals surface area contributed by atoms with Crippen molar-refractivity contribution >= 4 is 34.2 Å². The van der Waals surface area contributed by atoms with Crippen LogP contribution in [0.4, 0.5) is 5.00 Å². The minimum Gasteiger partial charge on any atom is -0.482 e. The number of hydrogen-bond acceptors (Lipinski definition) is 7. The Kier molecular flexibility index (Phi) is 7.46. The molecule has 0 bridgehead atoms. The molecule has 1 aliphatic rings. The molecule has 0 spiro atoms. The highest BCUT2D eigenvalue weighted by Gasteiger charge is 2.28. The Hall–Kier alpha value is -2.87. The molecule has 1 aromatic carbocycles. The van der Waals surface area contributed by atoms with Gasteiger partial charge in [-0.2, -0.15) is 0 Å². The van der Waals surface area contributed by atoms with E-state index in [0.29, 0.717) is 16.3 Å². The van der Waals surface area contributed by atoms with Gasteiger partial charge in [0.1, 0.15) is 10.8 Å². The summed E-state index contributed by atoms with van der Waals surface area (Å²) in [6, 6.07) is 8.85. The standard InChI is InChI=1S/C22H25NO6S/c1-14(2)29-22(26)20-16-10-6-7-11-17(16)30-21(20)23-18(24)12-28-19(25)13-27-15-8-4-3-5-9-15/h3-5,8-9,14H,6-7,10-13H2,1-2H3,(H,23,24). The molecule has 8 heteroatoms. The number of para-hydroxylation sites is 1. The van der Waals surface area contributed by atoms with Crippen molar-refractivity contribution in [1.82, 2.24) is 0 Å². The van der Waals surface area contributed by atoms with E-state index in [4.69, 9.17) is 14.2 Å². The number of anilines is 1. The van der Waals surface area contributed by atoms with E-state index in [1.54, 1.807) is 38.1 Å². The van der Waals surface area contributed by atoms with E-state index in [-0.39, 0.29) is 12.7 Å². The Morgan fingerprint density at radius 1 is 1.07 bits per heavy atom. The third-order valence-corrected chi connectivity index (χ3v) is 5.64. The van der Waals surface area contributed by atoms with E-state index >= 15 is 0 Å². The van der Waals surface area contributed by atoms with Crippen LogP contribution in [0, 0.1) is 0 Å². The molecule has 1 aromatic heterocycles. The maximum atomic E-state index is 12.6. The number of fused-ring (bicyclic) bond motifs is 1. The van der Waals surface area contributed by atoms with Gasteiger partial charge in [0.2, 0.25) is 0 Å². The lowest BCUT2D eigenvalue weighted by Crippen LogP contribution is -2.24. The van der Waals surface area contributed by atoms with E-state index in [9.17, 15) is 14.4 Å². The summed E-state index contributed by atoms with van der Waals surface area (Å²) < 4.78 is 15.6. The van der Waals surface area contributed by atoms with Gasteiger partial charge in [-0.25, -0.2) is 9.59 Å². The van der Waals surface area contributed by atoms with Crippen molar-refractivity contribution in [3.05, 3.63) is 46.3 Å². The zero-order chi connectivity index (χ0) is 21.5. The van der Waals surface area contributed by atoms with E-state index in [2.05, 4.69) is 5.32 Å². The lowest BCUT2D eigenvalue weighted by molar-refractivity contribution is -0.149. The van der Waals surface area contributed by atoms with Crippen molar-refractivity contribution < 1.29 is 28.6 Å². The highest BCUT2D eigenvalue weighted by Crippen LogP contribution is 2.38. The van der Waals surface area contributed by atoms with Crippen molar-refractivity contribution in [3.63, 3.8) is 0 Å². The molecule has 30 heavy (non-hydrogen) atoms. The molecular formula is C22H25NO6S. The van der Waals surface area contributed by atoms with Crippen molar-refractivity contribution in [2.24, 2.45) is 0 Å². The van der Waals surface area contributed by atoms with E-state index in [1.807, 2.05) is 6.07 Å². The van der Waals surface area contributed by atoms with Gasteiger partial charge in [-0.1, -0.05) is 18.2 Å². The first kappa shape index (κ1) is 21.8. The fourth-order valence-corrected chi connectivity index (χ4v) is 4.45. The number of carbonyl (C=O) groups is 3. The maximum Gasteiger partial charge on any atom is 0.344 e. The number of carbonyl (C=O) groups excluding carboxylic acids is 3. The van der Waals surface area contributed by atoms with Crippen molar-refractivity contribution in [2.45, 2.75) is 45.6 Å². The highest BCUT2D eigenvalue weighted by atomic mass is 32.1. The third kappa shape index (κ3) is 5.82. The molecule has 2 aromatic rings. The summed E-state index contributed by atoms with van der Waals surface area (Å²) >= 11 is 1.39. The minimum absolute atomic E-state index is 0.259. The summed E-state index contributed by atoms with van der Waals surface area (Å²) in [5, 5.41) is 3.16. The molecule has 0 saturated heterocycles. The summed E-state index contributed by atoms with van der Waals surface area (Å²) in [7, 11) is 0. The molecule has 1 N–H and O–H groups in total. The Morgan fingerprint density at radius 2 is 1.80 bits per heavy atom. The zero-order valence-corrected chi connectivity index (χ0v) is 17.9. The van der Waals surface area contributed by atoms with Gasteiger partial charge in [0.15, 0.2) is 13.2 Å². The number of nitrogens with one attached hydrogen (secondary N) is 1. The Bertz CT molecular complexity index is 906. The van der Waals surface area contributed by atoms with Gasteiger partial charge in [0, 0.05) is 4.88 Å². The summed E-state index contributed by atoms with van der Waals surface area (Å²) in [6.45, 7) is 2.81. The average Bonchev–Trinajstić information content (AvgIpc) is 3.08. The van der Waals surface area contributed by atoms with Crippen LogP contribution in [0.25, 0.3) is 0 Å². The predicted octanol–water partition coefficient (Wildman–Crippen LogP) is 3.75. The van der Waals surface area contributed by atoms with E-state index < -0.39 is 24.5 Å². The van der Waals surface area contributed by atoms with Crippen LogP contribution in [-0.2, 0) is 31.9 Å². The monoisotopic (exact) mass is 431 g/mol. The van der Waals surface area contributed by atoms with Crippen molar-refractivity contribution in [2.75, 3.05) is 18.5 Å². The van der Waals surface area contributed by atoms with Gasteiger partial charge in [0.25, 0.3) is 5.91 Å². The van der Waals surface area contributed by atoms with Crippen molar-refractivity contribution in [1.29, 1.82) is 0 Å². The normalized spacial score (nSPS) is 12.8. The number of aryl methyl sites for hydroxylation is 1. The topological polar surface area (TPSA) is 90.9 Å². The second-order valence-corrected chi connectivity index (χ2v) is 8.28. The number of amides is 1. The van der Waals surface area contributed by atoms with Gasteiger partial charge in [-0.3, -0.25) is 4.79 Å². The molecule has 160 valence electrons. The number of ether oxygens (including phenoxy) is 3. The van der Waals surface area contributed by atoms with Crippen LogP contribution in [0.15, 0.2) is 30.3 Å². The number of hydrogen-bond donors (Lipinski definition) is 1. The quantitative estimate of drug-likeness (QED) is 0.640. The summed E-state index contributed by atoms with van der Waals surface area (Å²) in [5.74, 6) is -1.07. The molecule has 0 fully saturated rings. The number of thiophene rings is 1. The molecule has 3 rings (SSSR count). The lowest BCUT2D eigenvalue weighted by atomic mass is 9.95. The smallest absolute Gasteiger partial charge is 0.344 e. The molecule has 0 saturated carbocycles. The van der Waals surface area contributed by atoms with Crippen LogP contribution in [0.5, 0.6) is 5.75 Å². The second-order valence-electron chi connectivity index (χ2n) is 7.18. The first-order chi connectivity index (χ1) is 14.4. The van der Waals surface area contributed by atoms with Crippen LogP contribution >= 0.6 is 11.3 Å². The fourth-order valence-electron chi connectivity index (χ4n) is 3.15. The Balaban J connectivity index is 1.58. The first-order valence-corrected chi connectivity index (χ1v) is 10.7. The predicted molar refractivity (Wildman–Crippen MR) is 113 cm³/mol. The van der Waals surface area contributed by atoms with Gasteiger partial charge < -0.3 is 19.5 Å². The van der Waals surface area contributed by atoms with Gasteiger partial charge >= 0.3 is 11.9 Å². The molecule has 0 atom stereocenters. The van der Waals surface area contributed by atoms with E-state index in [1.165, 1.54) is 11.3 Å². The molecule has 0 aliphatic heterocycles. The molecule has 1 heterocycles. The largest absolute Gasteiger partial charge is 0.482 e. The Morgan fingerprint density at radius 3 is 2.53 bits per heavy atom. The molecule has 0 radical (unpaired) electrons. The molecule has 1 amide bonds. The minimum atomic E-state index is -0.654. The zero-order valence-electron chi connectivity index (χ0n) is 17.1. The fraction of sp³-hybridized carbons (Fsp3) is 0.409. The van der Waals surface area contributed by atoms with Crippen molar-refractivity contribution in [3.8, 4) is 5.75 Å². The molecule has 0 unspecified atom stereocenters. The lowest BCUT2D eigenvalue weighted by Gasteiger charge is -2.14. The van der Waals surface area contributed by atoms with Crippen LogP contribution in [-0.4, -0.2) is 37.2 Å². The SMILES string of the molecule is CC(C)OC(=O)c1c(NC(=O)COC(=O)COc2ccccc2)sc2c1CCCC2. The van der Waals surface area contributed by atoms with Gasteiger partial charge in [-0.15, -0.1) is 11.3 Å². The number of rotatable bonds is 8. The van der Waals surface area contributed by atoms with Crippen LogP contribution < -0.4 is 10.1 Å². The van der Waals surface area contributed by atoms with Gasteiger partial charge in [0.05, 0.1) is 11.7 Å². The Labute approximate surface area is 179 Å². The first-order valence-electron chi connectivity index (χ1n) is 9.93. The molecular weight excluding hydrogens is 406 g/mol. The maximum absolute atomic E-state index is 12.6. The summed E-state index contributed by atoms with van der Waals surface area (Å²) in [4.78, 5) is 37.9. The summed E-state index contributed by atoms with van der Waals surface area (Å²) in [5.41, 5.74) is 1.39. The van der Waals surface area contributed by atoms with Gasteiger partial charge in [-0.05, 0) is 57.2 Å². The van der Waals surface area contributed by atoms with Crippen LogP contribution in [0.1, 0.15) is 47.5 Å². The second kappa shape index (κ2) is 10.2. The number of benzene rings is 1. The summed E-state index contributed by atoms with van der Waals surface area (Å²) in [6.07, 6.45) is 3.46. The highest BCUT2D eigenvalue weighted by molar-refractivity contribution is 7.17. The van der Waals surface area contributed by atoms with Crippen LogP contribution in [0.3, 0.4) is 0 Å². The number of esters is 2. The van der Waals surface area contributed by atoms with E-state index in [0.717, 1.165) is 36.1 Å². The third-order valence-electron chi connectivity index (χ3n) is 4.44.